The summed E-state index contributed by atoms with van der Waals surface area (Å²) in [5.41, 5.74) is 0.785. The van der Waals surface area contributed by atoms with Crippen LogP contribution in [-0.2, 0) is 17.1 Å². The first kappa shape index (κ1) is 15.9. The predicted octanol–water partition coefficient (Wildman–Crippen LogP) is 4.35. The van der Waals surface area contributed by atoms with Crippen molar-refractivity contribution in [3.05, 3.63) is 30.1 Å². The van der Waals surface area contributed by atoms with Gasteiger partial charge in [0.1, 0.15) is 12.4 Å². The molecule has 0 aliphatic carbocycles. The van der Waals surface area contributed by atoms with Crippen molar-refractivity contribution in [2.45, 2.75) is 45.0 Å². The first-order valence-corrected chi connectivity index (χ1v) is 11.5. The lowest BCUT2D eigenvalue weighted by atomic mass is 10.1. The molecule has 0 N–H and O–H groups in total. The number of aromatic nitrogens is 2. The molecule has 2 aromatic rings. The minimum atomic E-state index is -1.07. The molecule has 1 aliphatic heterocycles. The Morgan fingerprint density at radius 2 is 1.87 bits per heavy atom. The van der Waals surface area contributed by atoms with Crippen LogP contribution in [0.25, 0.3) is 11.0 Å². The molecule has 0 amide bonds. The minimum absolute atomic E-state index is 0.504. The van der Waals surface area contributed by atoms with E-state index in [1.54, 1.807) is 0 Å². The molecule has 0 bridgehead atoms. The molecule has 0 fully saturated rings. The number of rotatable bonds is 6. The first-order chi connectivity index (χ1) is 10.9. The van der Waals surface area contributed by atoms with Gasteiger partial charge in [-0.15, -0.1) is 10.2 Å². The van der Waals surface area contributed by atoms with Crippen LogP contribution in [0.15, 0.2) is 45.1 Å². The zero-order chi connectivity index (χ0) is 16.5. The molecule has 0 atom stereocenters. The highest BCUT2D eigenvalue weighted by Gasteiger charge is 2.31. The summed E-state index contributed by atoms with van der Waals surface area (Å²) in [6.45, 7) is 10.2. The van der Waals surface area contributed by atoms with E-state index in [9.17, 15) is 0 Å². The third kappa shape index (κ3) is 3.53. The Bertz CT molecular complexity index is 749. The maximum atomic E-state index is 5.83. The quantitative estimate of drug-likeness (QED) is 0.583. The summed E-state index contributed by atoms with van der Waals surface area (Å²) >= 11 is 0. The number of pyridine rings is 1. The third-order valence-electron chi connectivity index (χ3n) is 3.84. The second kappa shape index (κ2) is 5.93. The predicted molar refractivity (Wildman–Crippen MR) is 90.9 cm³/mol. The van der Waals surface area contributed by atoms with Crippen LogP contribution in [0.5, 0.6) is 0 Å². The van der Waals surface area contributed by atoms with Gasteiger partial charge in [-0.25, -0.2) is 4.98 Å². The minimum Gasteiger partial charge on any atom is -0.361 e. The molecule has 8 heteroatoms. The topological polar surface area (TPSA) is 76.5 Å². The van der Waals surface area contributed by atoms with Gasteiger partial charge in [-0.2, -0.15) is 0 Å². The van der Waals surface area contributed by atoms with E-state index in [2.05, 4.69) is 40.3 Å². The fourth-order valence-electron chi connectivity index (χ4n) is 2.31. The van der Waals surface area contributed by atoms with Gasteiger partial charge >= 0.3 is 0 Å². The number of hydrogen-bond acceptors (Lipinski definition) is 6. The summed E-state index contributed by atoms with van der Waals surface area (Å²) < 4.78 is 7.84. The standard InChI is InChI=1S/C15H22N6OSi/c1-15(17-19-20-18-15)13-6-5-12-7-8-21(14(12)16-13)11-22-9-10-23(2,3)4/h5-8H,9-11H2,1-4H3. The maximum Gasteiger partial charge on any atom is 0.234 e. The molecular formula is C15H22N6OSi. The van der Waals surface area contributed by atoms with E-state index < -0.39 is 13.7 Å². The molecule has 0 saturated carbocycles. The van der Waals surface area contributed by atoms with Crippen molar-refractivity contribution in [1.82, 2.24) is 9.55 Å². The fourth-order valence-corrected chi connectivity index (χ4v) is 3.06. The molecule has 7 nitrogen and oxygen atoms in total. The van der Waals surface area contributed by atoms with Crippen LogP contribution in [0.1, 0.15) is 12.6 Å². The van der Waals surface area contributed by atoms with Crippen molar-refractivity contribution in [2.75, 3.05) is 6.61 Å². The second-order valence-corrected chi connectivity index (χ2v) is 12.8. The van der Waals surface area contributed by atoms with E-state index in [1.165, 1.54) is 0 Å². The van der Waals surface area contributed by atoms with E-state index in [4.69, 9.17) is 9.72 Å². The van der Waals surface area contributed by atoms with Gasteiger partial charge < -0.3 is 9.30 Å². The third-order valence-corrected chi connectivity index (χ3v) is 5.55. The van der Waals surface area contributed by atoms with Crippen molar-refractivity contribution >= 4 is 19.1 Å². The Kier molecular flexibility index (Phi) is 4.11. The maximum absolute atomic E-state index is 5.83. The summed E-state index contributed by atoms with van der Waals surface area (Å²) in [5.74, 6) is 0. The van der Waals surface area contributed by atoms with Gasteiger partial charge in [-0.05, 0) is 41.6 Å². The molecule has 0 aromatic carbocycles. The van der Waals surface area contributed by atoms with Crippen molar-refractivity contribution in [2.24, 2.45) is 20.7 Å². The molecule has 3 heterocycles. The molecule has 0 saturated heterocycles. The van der Waals surface area contributed by atoms with Crippen LogP contribution in [0.2, 0.25) is 25.7 Å². The van der Waals surface area contributed by atoms with Gasteiger partial charge in [0.15, 0.2) is 0 Å². The van der Waals surface area contributed by atoms with Crippen LogP contribution < -0.4 is 0 Å². The van der Waals surface area contributed by atoms with E-state index in [-0.39, 0.29) is 0 Å². The SMILES string of the molecule is CC1(c2ccc3ccn(COCC[Si](C)(C)C)c3n2)N=NN=N1. The van der Waals surface area contributed by atoms with Crippen molar-refractivity contribution in [3.63, 3.8) is 0 Å². The number of fused-ring (bicyclic) bond motifs is 1. The Morgan fingerprint density at radius 3 is 2.57 bits per heavy atom. The van der Waals surface area contributed by atoms with Crippen LogP contribution in [0.4, 0.5) is 0 Å². The van der Waals surface area contributed by atoms with Gasteiger partial charge in [-0.3, -0.25) is 0 Å². The highest BCUT2D eigenvalue weighted by atomic mass is 28.3. The fraction of sp³-hybridized carbons (Fsp3) is 0.533. The zero-order valence-electron chi connectivity index (χ0n) is 14.0. The van der Waals surface area contributed by atoms with Gasteiger partial charge in [0.25, 0.3) is 0 Å². The number of ether oxygens (including phenoxy) is 1. The smallest absolute Gasteiger partial charge is 0.234 e. The monoisotopic (exact) mass is 330 g/mol. The molecule has 0 unspecified atom stereocenters. The van der Waals surface area contributed by atoms with Gasteiger partial charge in [0.05, 0.1) is 5.69 Å². The molecule has 0 spiro atoms. The molecule has 23 heavy (non-hydrogen) atoms. The van der Waals surface area contributed by atoms with Crippen LogP contribution in [0.3, 0.4) is 0 Å². The molecule has 1 aliphatic rings. The van der Waals surface area contributed by atoms with Crippen molar-refractivity contribution in [3.8, 4) is 0 Å². The summed E-state index contributed by atoms with van der Waals surface area (Å²) in [7, 11) is -1.07. The highest BCUT2D eigenvalue weighted by molar-refractivity contribution is 6.76. The molecular weight excluding hydrogens is 308 g/mol. The lowest BCUT2D eigenvalue weighted by Gasteiger charge is -2.16. The Morgan fingerprint density at radius 1 is 1.13 bits per heavy atom. The molecule has 0 radical (unpaired) electrons. The van der Waals surface area contributed by atoms with Crippen LogP contribution >= 0.6 is 0 Å². The van der Waals surface area contributed by atoms with Gasteiger partial charge in [0.2, 0.25) is 5.66 Å². The average Bonchev–Trinajstić information content (AvgIpc) is 3.09. The van der Waals surface area contributed by atoms with Crippen LogP contribution in [-0.4, -0.2) is 24.2 Å². The average molecular weight is 330 g/mol. The lowest BCUT2D eigenvalue weighted by Crippen LogP contribution is -2.22. The number of hydrogen-bond donors (Lipinski definition) is 0. The lowest BCUT2D eigenvalue weighted by molar-refractivity contribution is 0.0898. The largest absolute Gasteiger partial charge is 0.361 e. The highest BCUT2D eigenvalue weighted by Crippen LogP contribution is 2.31. The van der Waals surface area contributed by atoms with E-state index in [1.807, 2.05) is 35.9 Å². The number of nitrogens with zero attached hydrogens (tertiary/aromatic N) is 6. The summed E-state index contributed by atoms with van der Waals surface area (Å²) in [6.07, 6.45) is 2.00. The zero-order valence-corrected chi connectivity index (χ0v) is 15.0. The van der Waals surface area contributed by atoms with E-state index in [0.29, 0.717) is 6.73 Å². The normalized spacial score (nSPS) is 16.5. The second-order valence-electron chi connectivity index (χ2n) is 7.14. The molecule has 122 valence electrons. The summed E-state index contributed by atoms with van der Waals surface area (Å²) in [5, 5.41) is 16.4. The van der Waals surface area contributed by atoms with Gasteiger partial charge in [0, 0.05) is 26.3 Å². The Hall–Kier alpha value is -1.93. The van der Waals surface area contributed by atoms with Crippen molar-refractivity contribution < 1.29 is 4.74 Å². The molecule has 3 rings (SSSR count). The van der Waals surface area contributed by atoms with Gasteiger partial charge in [-0.1, -0.05) is 19.6 Å². The van der Waals surface area contributed by atoms with E-state index >= 15 is 0 Å². The summed E-state index contributed by atoms with van der Waals surface area (Å²) in [6, 6.07) is 7.13. The molecule has 2 aromatic heterocycles. The Labute approximate surface area is 136 Å². The van der Waals surface area contributed by atoms with Crippen molar-refractivity contribution in [1.29, 1.82) is 0 Å². The van der Waals surface area contributed by atoms with Crippen LogP contribution in [0, 0.1) is 0 Å². The first-order valence-electron chi connectivity index (χ1n) is 7.76. The summed E-state index contributed by atoms with van der Waals surface area (Å²) in [4.78, 5) is 4.70. The Balaban J connectivity index is 1.77. The van der Waals surface area contributed by atoms with E-state index in [0.717, 1.165) is 29.4 Å².